The third-order valence-corrected chi connectivity index (χ3v) is 12.0. The van der Waals surface area contributed by atoms with Crippen LogP contribution in [0.3, 0.4) is 0 Å². The summed E-state index contributed by atoms with van der Waals surface area (Å²) in [6, 6.07) is -5.75. The zero-order valence-electron chi connectivity index (χ0n) is 43.1. The van der Waals surface area contributed by atoms with Crippen LogP contribution in [0.4, 0.5) is 13.2 Å². The monoisotopic (exact) mass is 1100 g/mol. The van der Waals surface area contributed by atoms with Crippen LogP contribution < -0.4 is 77.4 Å². The molecule has 8 atom stereocenters. The molecule has 1 aliphatic heterocycles. The van der Waals surface area contributed by atoms with Crippen molar-refractivity contribution >= 4 is 59.2 Å². The van der Waals surface area contributed by atoms with Gasteiger partial charge in [0, 0.05) is 26.1 Å². The number of aliphatic carboxylic acids is 1. The molecule has 1 heterocycles. The number of hydrogen-bond acceptors (Lipinski definition) is 16. The molecule has 1 saturated heterocycles. The van der Waals surface area contributed by atoms with Gasteiger partial charge in [0.15, 0.2) is 5.96 Å². The van der Waals surface area contributed by atoms with E-state index in [1.54, 1.807) is 0 Å². The Hall–Kier alpha value is -6.99. The van der Waals surface area contributed by atoms with Crippen molar-refractivity contribution in [3.8, 4) is 0 Å². The quantitative estimate of drug-likeness (QED) is 0.0133. The van der Waals surface area contributed by atoms with Crippen molar-refractivity contribution in [3.63, 3.8) is 0 Å². The molecule has 77 heavy (non-hydrogen) atoms. The maximum absolute atomic E-state index is 14.2. The summed E-state index contributed by atoms with van der Waals surface area (Å²) in [5.41, 5.74) is 37.3. The summed E-state index contributed by atoms with van der Waals surface area (Å²) in [6.45, 7) is 0.691. The number of guanidine groups is 1. The number of rotatable bonds is 34. The number of alkyl halides is 3. The molecule has 30 heteroatoms. The van der Waals surface area contributed by atoms with Gasteiger partial charge < -0.3 is 92.5 Å². The van der Waals surface area contributed by atoms with E-state index in [-0.39, 0.29) is 89.1 Å². The number of nitrogens with two attached hydrogens (primary N) is 7. The number of amides is 8. The standard InChI is InChI=1S/C47H77F3N16O11/c1-26(60-43(74)37(35(67)24-54)65-39(70)29(55)12-2-4-17-51)38(69)59-25-36(68)61-31(14-7-19-53)44(75)66-21-9-16-34(66)42(73)64-33(23-27-10-6-11-28(22-27)47(48,49)50)41(72)62-30(13-3-5-18-52)40(71)63-32(45(76)77)15-8-20-58-46(56)57/h6,10-11,15,22,26,29-31,33-35,37,67H,2-5,7-9,12-14,16-21,23-25,51-55H2,1H3,(H,59,69)(H,60,74)(H,61,68)(H,62,72)(H,63,71)(H,64,73)(H,65,70)(H,76,77)(H4,56,57,58)/b32-15-/t26-,29-,30-,31+,33-,34-,35-,37-/m0/s1. The van der Waals surface area contributed by atoms with Gasteiger partial charge in [0.2, 0.25) is 47.3 Å². The lowest BCUT2D eigenvalue weighted by Gasteiger charge is -2.30. The van der Waals surface area contributed by atoms with E-state index in [9.17, 15) is 66.5 Å². The molecule has 0 bridgehead atoms. The Morgan fingerprint density at radius 2 is 1.44 bits per heavy atom. The predicted molar refractivity (Wildman–Crippen MR) is 275 cm³/mol. The second-order valence-corrected chi connectivity index (χ2v) is 18.2. The highest BCUT2D eigenvalue weighted by Gasteiger charge is 2.40. The van der Waals surface area contributed by atoms with E-state index in [1.165, 1.54) is 13.0 Å². The molecule has 0 aliphatic carbocycles. The number of carboxylic acids is 1. The third-order valence-electron chi connectivity index (χ3n) is 12.0. The van der Waals surface area contributed by atoms with Gasteiger partial charge in [-0.25, -0.2) is 4.79 Å². The maximum Gasteiger partial charge on any atom is 0.416 e. The second kappa shape index (κ2) is 33.9. The molecule has 2 rings (SSSR count). The van der Waals surface area contributed by atoms with Gasteiger partial charge >= 0.3 is 12.1 Å². The van der Waals surface area contributed by atoms with Crippen molar-refractivity contribution < 1.29 is 66.5 Å². The molecule has 1 fully saturated rings. The van der Waals surface area contributed by atoms with Crippen LogP contribution in [0.2, 0.25) is 0 Å². The van der Waals surface area contributed by atoms with Crippen LogP contribution in [0.5, 0.6) is 0 Å². The number of nitrogens with one attached hydrogen (secondary N) is 7. The van der Waals surface area contributed by atoms with Gasteiger partial charge in [-0.05, 0) is 102 Å². The highest BCUT2D eigenvalue weighted by molar-refractivity contribution is 5.99. The number of aliphatic hydroxyl groups excluding tert-OH is 1. The van der Waals surface area contributed by atoms with Gasteiger partial charge in [-0.1, -0.05) is 30.7 Å². The zero-order valence-corrected chi connectivity index (χ0v) is 43.1. The SMILES string of the molecule is C[C@H](NC(=O)[C@@H](NC(=O)[C@@H](N)CCCCN)[C@@H](O)CN)C(=O)NCC(=O)N[C@H](CCCN)C(=O)N1CCC[C@H]1C(=O)N[C@@H](Cc1cccc(C(F)(F)F)c1)C(=O)N[C@@H](CCCCN)C(=O)N/C(=C\CCN=C(N)N)C(=O)O. The minimum Gasteiger partial charge on any atom is -0.477 e. The normalized spacial score (nSPS) is 16.3. The third kappa shape index (κ3) is 23.4. The summed E-state index contributed by atoms with van der Waals surface area (Å²) in [6.07, 6.45) is -3.43. The number of aliphatic imine (C=N–C) groups is 1. The molecule has 1 aromatic rings. The summed E-state index contributed by atoms with van der Waals surface area (Å²) in [7, 11) is 0. The first-order valence-corrected chi connectivity index (χ1v) is 25.2. The predicted octanol–water partition coefficient (Wildman–Crippen LogP) is -4.81. The number of hydrogen-bond donors (Lipinski definition) is 16. The topological polar surface area (TPSA) is 476 Å². The molecule has 27 nitrogen and oxygen atoms in total. The van der Waals surface area contributed by atoms with E-state index < -0.39 is 139 Å². The van der Waals surface area contributed by atoms with E-state index >= 15 is 0 Å². The number of likely N-dealkylation sites (tertiary alicyclic amines) is 1. The van der Waals surface area contributed by atoms with Gasteiger partial charge in [0.25, 0.3) is 0 Å². The highest BCUT2D eigenvalue weighted by atomic mass is 19.4. The first kappa shape index (κ1) is 66.1. The number of carboxylic acid groups (broad SMARTS) is 1. The Kier molecular flexibility index (Phi) is 29.1. The smallest absolute Gasteiger partial charge is 0.416 e. The summed E-state index contributed by atoms with van der Waals surface area (Å²) >= 11 is 0. The molecule has 0 saturated carbocycles. The number of unbranched alkanes of at least 4 members (excludes halogenated alkanes) is 2. The minimum atomic E-state index is -4.79. The fourth-order valence-corrected chi connectivity index (χ4v) is 7.83. The first-order valence-electron chi connectivity index (χ1n) is 25.2. The van der Waals surface area contributed by atoms with Crippen LogP contribution >= 0.6 is 0 Å². The number of carbonyl (C=O) groups is 9. The van der Waals surface area contributed by atoms with Crippen LogP contribution in [-0.4, -0.2) is 169 Å². The summed E-state index contributed by atoms with van der Waals surface area (Å²) in [5.74, 6) is -9.00. The van der Waals surface area contributed by atoms with Crippen molar-refractivity contribution in [1.82, 2.24) is 42.1 Å². The van der Waals surface area contributed by atoms with Gasteiger partial charge in [-0.3, -0.25) is 43.3 Å². The fraction of sp³-hybridized carbons (Fsp3) is 0.617. The van der Waals surface area contributed by atoms with Crippen molar-refractivity contribution in [1.29, 1.82) is 0 Å². The van der Waals surface area contributed by atoms with Gasteiger partial charge in [-0.15, -0.1) is 0 Å². The first-order chi connectivity index (χ1) is 36.4. The molecule has 0 radical (unpaired) electrons. The van der Waals surface area contributed by atoms with Crippen LogP contribution in [0.25, 0.3) is 0 Å². The molecule has 8 amide bonds. The summed E-state index contributed by atoms with van der Waals surface area (Å²) < 4.78 is 41.5. The van der Waals surface area contributed by atoms with Gasteiger partial charge in [-0.2, -0.15) is 13.2 Å². The Morgan fingerprint density at radius 1 is 0.792 bits per heavy atom. The van der Waals surface area contributed by atoms with Crippen molar-refractivity contribution in [2.24, 2.45) is 45.1 Å². The van der Waals surface area contributed by atoms with Crippen LogP contribution in [-0.2, 0) is 55.7 Å². The Balaban J connectivity index is 2.33. The van der Waals surface area contributed by atoms with E-state index in [0.29, 0.717) is 25.8 Å². The summed E-state index contributed by atoms with van der Waals surface area (Å²) in [4.78, 5) is 125. The average molecular weight is 1100 g/mol. The molecular formula is C47H77F3N16O11. The largest absolute Gasteiger partial charge is 0.477 e. The lowest BCUT2D eigenvalue weighted by atomic mass is 10.0. The number of halogens is 3. The Morgan fingerprint density at radius 3 is 2.05 bits per heavy atom. The van der Waals surface area contributed by atoms with Crippen LogP contribution in [0.15, 0.2) is 41.0 Å². The van der Waals surface area contributed by atoms with E-state index in [1.807, 2.05) is 0 Å². The molecule has 1 aliphatic rings. The van der Waals surface area contributed by atoms with Crippen molar-refractivity contribution in [2.45, 2.75) is 139 Å². The molecule has 1 aromatic carbocycles. The lowest BCUT2D eigenvalue weighted by molar-refractivity contribution is -0.142. The van der Waals surface area contributed by atoms with E-state index in [2.05, 4.69) is 42.2 Å². The Bertz CT molecular complexity index is 2220. The zero-order chi connectivity index (χ0) is 57.8. The highest BCUT2D eigenvalue weighted by Crippen LogP contribution is 2.30. The minimum absolute atomic E-state index is 0.0142. The number of carbonyl (C=O) groups excluding carboxylic acids is 8. The van der Waals surface area contributed by atoms with Gasteiger partial charge in [0.05, 0.1) is 24.3 Å². The number of aliphatic hydroxyl groups is 1. The molecule has 23 N–H and O–H groups in total. The molecule has 432 valence electrons. The van der Waals surface area contributed by atoms with Crippen LogP contribution in [0.1, 0.15) is 88.7 Å². The second-order valence-electron chi connectivity index (χ2n) is 18.2. The van der Waals surface area contributed by atoms with Crippen molar-refractivity contribution in [3.05, 3.63) is 47.2 Å². The van der Waals surface area contributed by atoms with Gasteiger partial charge in [0.1, 0.15) is 41.9 Å². The van der Waals surface area contributed by atoms with Crippen molar-refractivity contribution in [2.75, 3.05) is 45.8 Å². The number of nitrogens with zero attached hydrogens (tertiary/aromatic N) is 2. The fourth-order valence-electron chi connectivity index (χ4n) is 7.83. The summed E-state index contributed by atoms with van der Waals surface area (Å²) in [5, 5.41) is 37.0. The number of benzene rings is 1. The molecule has 0 unspecified atom stereocenters. The maximum atomic E-state index is 14.2. The van der Waals surface area contributed by atoms with E-state index in [0.717, 1.165) is 29.2 Å². The average Bonchev–Trinajstić information content (AvgIpc) is 3.88. The van der Waals surface area contributed by atoms with Crippen LogP contribution in [0, 0.1) is 0 Å². The molecular weight excluding hydrogens is 1020 g/mol. The lowest BCUT2D eigenvalue weighted by Crippen LogP contribution is -2.60. The Labute approximate surface area is 443 Å². The molecule has 0 aromatic heterocycles. The molecule has 0 spiro atoms. The van der Waals surface area contributed by atoms with E-state index in [4.69, 9.17) is 40.1 Å².